The summed E-state index contributed by atoms with van der Waals surface area (Å²) in [4.78, 5) is 29.9. The molecule has 2 aliphatic heterocycles. The molecule has 0 aromatic heterocycles. The smallest absolute Gasteiger partial charge is 0.319 e. The van der Waals surface area contributed by atoms with Crippen LogP contribution in [0.1, 0.15) is 134 Å². The van der Waals surface area contributed by atoms with Crippen molar-refractivity contribution in [3.63, 3.8) is 0 Å². The lowest BCUT2D eigenvalue weighted by Crippen LogP contribution is -2.61. The molecule has 0 radical (unpaired) electrons. The molecule has 4 bridgehead atoms. The van der Waals surface area contributed by atoms with Crippen LogP contribution in [0.25, 0.3) is 0 Å². The highest BCUT2D eigenvalue weighted by Gasteiger charge is 2.52. The van der Waals surface area contributed by atoms with Gasteiger partial charge in [0.1, 0.15) is 0 Å². The number of likely N-dealkylation sites (tertiary alicyclic amines) is 1. The van der Waals surface area contributed by atoms with Crippen molar-refractivity contribution >= 4 is 17.6 Å². The lowest BCUT2D eigenvalue weighted by Gasteiger charge is -2.56. The Morgan fingerprint density at radius 1 is 0.887 bits per heavy atom. The van der Waals surface area contributed by atoms with Gasteiger partial charge >= 0.3 is 6.03 Å². The minimum Gasteiger partial charge on any atom is -0.392 e. The molecule has 7 atom stereocenters. The first-order valence-corrected chi connectivity index (χ1v) is 20.7. The number of carbonyl (C=O) groups is 2. The van der Waals surface area contributed by atoms with E-state index < -0.39 is 6.29 Å². The van der Waals surface area contributed by atoms with E-state index in [1.807, 2.05) is 36.4 Å². The fourth-order valence-electron chi connectivity index (χ4n) is 11.7. The number of amides is 3. The maximum absolute atomic E-state index is 13.9. The summed E-state index contributed by atoms with van der Waals surface area (Å²) in [6, 6.07) is 16.0. The molecule has 288 valence electrons. The summed E-state index contributed by atoms with van der Waals surface area (Å²) in [5, 5.41) is 19.7. The van der Waals surface area contributed by atoms with E-state index in [-0.39, 0.29) is 53.8 Å². The van der Waals surface area contributed by atoms with E-state index in [4.69, 9.17) is 9.47 Å². The monoisotopic (exact) mass is 726 g/mol. The third-order valence-corrected chi connectivity index (χ3v) is 13.7. The number of piperidine rings is 1. The first-order chi connectivity index (χ1) is 25.4. The van der Waals surface area contributed by atoms with Gasteiger partial charge < -0.3 is 30.5 Å². The summed E-state index contributed by atoms with van der Waals surface area (Å²) in [6.45, 7) is 8.99. The third-order valence-electron chi connectivity index (χ3n) is 13.7. The van der Waals surface area contributed by atoms with Crippen molar-refractivity contribution in [1.82, 2.24) is 15.5 Å². The molecular weight excluding hydrogens is 665 g/mol. The summed E-state index contributed by atoms with van der Waals surface area (Å²) < 4.78 is 13.8. The lowest BCUT2D eigenvalue weighted by molar-refractivity contribution is -0.278. The van der Waals surface area contributed by atoms with Crippen LogP contribution in [0.3, 0.4) is 0 Å². The van der Waals surface area contributed by atoms with E-state index in [0.717, 1.165) is 78.7 Å². The van der Waals surface area contributed by atoms with Crippen LogP contribution in [0.5, 0.6) is 0 Å². The fourth-order valence-corrected chi connectivity index (χ4v) is 11.7. The van der Waals surface area contributed by atoms with Gasteiger partial charge in [-0.25, -0.2) is 4.79 Å². The molecule has 7 fully saturated rings. The van der Waals surface area contributed by atoms with Crippen LogP contribution in [-0.2, 0) is 20.9 Å². The Morgan fingerprint density at radius 2 is 1.58 bits per heavy atom. The van der Waals surface area contributed by atoms with Crippen molar-refractivity contribution in [2.75, 3.05) is 11.9 Å². The van der Waals surface area contributed by atoms with E-state index >= 15 is 0 Å². The Labute approximate surface area is 316 Å². The Balaban J connectivity index is 1.04. The average Bonchev–Trinajstić information content (AvgIpc) is 3.11. The number of aliphatic hydroxyl groups is 1. The van der Waals surface area contributed by atoms with Gasteiger partial charge in [0.25, 0.3) is 0 Å². The number of urea groups is 1. The Bertz CT molecular complexity index is 1590. The van der Waals surface area contributed by atoms with Gasteiger partial charge in [-0.15, -0.1) is 0 Å². The molecule has 2 aromatic rings. The normalized spacial score (nSPS) is 36.8. The molecule has 0 spiro atoms. The molecule has 2 aromatic carbocycles. The van der Waals surface area contributed by atoms with Gasteiger partial charge in [0.15, 0.2) is 6.29 Å². The van der Waals surface area contributed by atoms with E-state index in [0.29, 0.717) is 18.5 Å². The Morgan fingerprint density at radius 3 is 2.26 bits per heavy atom. The maximum Gasteiger partial charge on any atom is 0.319 e. The van der Waals surface area contributed by atoms with Gasteiger partial charge in [-0.3, -0.25) is 9.69 Å². The van der Waals surface area contributed by atoms with E-state index in [1.165, 1.54) is 38.5 Å². The van der Waals surface area contributed by atoms with Gasteiger partial charge in [-0.2, -0.15) is 0 Å². The number of benzene rings is 2. The van der Waals surface area contributed by atoms with Crippen molar-refractivity contribution in [2.24, 2.45) is 29.6 Å². The maximum atomic E-state index is 13.9. The number of anilines is 1. The van der Waals surface area contributed by atoms with Crippen LogP contribution in [-0.4, -0.2) is 57.8 Å². The number of hydrogen-bond acceptors (Lipinski definition) is 6. The molecule has 9 nitrogen and oxygen atoms in total. The molecule has 9 rings (SSSR count). The van der Waals surface area contributed by atoms with Gasteiger partial charge in [-0.1, -0.05) is 56.2 Å². The second kappa shape index (κ2) is 14.9. The van der Waals surface area contributed by atoms with Crippen molar-refractivity contribution in [2.45, 2.75) is 153 Å². The zero-order valence-corrected chi connectivity index (χ0v) is 32.3. The summed E-state index contributed by atoms with van der Waals surface area (Å²) >= 11 is 0. The van der Waals surface area contributed by atoms with E-state index in [2.05, 4.69) is 60.7 Å². The number of carbonyl (C=O) groups excluding carboxylic acids is 2. The van der Waals surface area contributed by atoms with Crippen molar-refractivity contribution in [1.29, 1.82) is 0 Å². The molecule has 5 aliphatic carbocycles. The van der Waals surface area contributed by atoms with Crippen LogP contribution in [0, 0.1) is 29.6 Å². The molecule has 5 saturated carbocycles. The first-order valence-electron chi connectivity index (χ1n) is 20.7. The van der Waals surface area contributed by atoms with Crippen molar-refractivity contribution in [3.05, 3.63) is 65.2 Å². The predicted molar refractivity (Wildman–Crippen MR) is 206 cm³/mol. The quantitative estimate of drug-likeness (QED) is 0.220. The average molecular weight is 727 g/mol. The van der Waals surface area contributed by atoms with Crippen LogP contribution in [0.4, 0.5) is 10.5 Å². The predicted octanol–water partition coefficient (Wildman–Crippen LogP) is 8.00. The number of nitrogens with one attached hydrogen (secondary N) is 3. The van der Waals surface area contributed by atoms with Crippen molar-refractivity contribution < 1.29 is 24.2 Å². The molecule has 0 unspecified atom stereocenters. The van der Waals surface area contributed by atoms with Crippen LogP contribution >= 0.6 is 0 Å². The molecule has 4 N–H and O–H groups in total. The van der Waals surface area contributed by atoms with Crippen LogP contribution < -0.4 is 16.0 Å². The molecule has 7 aliphatic rings. The van der Waals surface area contributed by atoms with Gasteiger partial charge in [0.2, 0.25) is 5.91 Å². The minimum atomic E-state index is -0.666. The molecule has 2 saturated heterocycles. The first kappa shape index (κ1) is 37.0. The third kappa shape index (κ3) is 8.05. The van der Waals surface area contributed by atoms with E-state index in [9.17, 15) is 14.7 Å². The van der Waals surface area contributed by atoms with Crippen molar-refractivity contribution in [3.8, 4) is 0 Å². The summed E-state index contributed by atoms with van der Waals surface area (Å²) in [6.07, 6.45) is 12.9. The second-order valence-corrected chi connectivity index (χ2v) is 18.9. The second-order valence-electron chi connectivity index (χ2n) is 18.9. The van der Waals surface area contributed by atoms with E-state index in [1.54, 1.807) is 0 Å². The molecular formula is C44H62N4O5. The molecule has 3 amide bonds. The highest BCUT2D eigenvalue weighted by atomic mass is 16.7. The Kier molecular flexibility index (Phi) is 10.4. The zero-order valence-electron chi connectivity index (χ0n) is 32.3. The topological polar surface area (TPSA) is 112 Å². The van der Waals surface area contributed by atoms with Gasteiger partial charge in [-0.05, 0) is 132 Å². The lowest BCUT2D eigenvalue weighted by atomic mass is 9.53. The summed E-state index contributed by atoms with van der Waals surface area (Å²) in [5.41, 5.74) is 3.09. The van der Waals surface area contributed by atoms with Gasteiger partial charge in [0, 0.05) is 40.8 Å². The highest BCUT2D eigenvalue weighted by molar-refractivity contribution is 5.90. The number of rotatable bonds is 8. The van der Waals surface area contributed by atoms with Gasteiger partial charge in [0.05, 0.1) is 24.9 Å². The standard InChI is InChI=1S/C44H62N4O5/c1-27-38(25-48-36-11-6-5-8-32(36)16-17-37(48)40(50)46-43(2,3)4)52-41(53-39(27)33-14-12-28(26-49)13-15-33)34-9-7-10-35(21-34)45-42(51)47-44-22-29-18-30(23-44)20-31(19-29)24-44/h7,9-10,12-15,21,27,29-32,36-39,41,49H,5-6,8,11,16-20,22-26H2,1-4H3,(H,46,50)(H2,45,47,51)/t27-,29?,30?,31?,32+,36+,37+,38+,39+,41+,44?/m0/s1. The van der Waals surface area contributed by atoms with Crippen LogP contribution in [0.2, 0.25) is 0 Å². The largest absolute Gasteiger partial charge is 0.392 e. The minimum absolute atomic E-state index is 0.00566. The number of ether oxygens (including phenoxy) is 2. The fraction of sp³-hybridized carbons (Fsp3) is 0.682. The number of nitrogens with zero attached hydrogens (tertiary/aromatic N) is 1. The van der Waals surface area contributed by atoms with Crippen LogP contribution in [0.15, 0.2) is 48.5 Å². The summed E-state index contributed by atoms with van der Waals surface area (Å²) in [7, 11) is 0. The molecule has 9 heteroatoms. The molecule has 2 heterocycles. The SMILES string of the molecule is C[C@H]1[C@@H](CN2[C@@H](C(=O)NC(C)(C)C)CC[C@H]3CCCC[C@H]32)O[C@@H](c2cccc(NC(=O)NC34CC5CC(CC(C5)C3)C4)c2)O[C@H]1c1ccc(CO)cc1. The highest BCUT2D eigenvalue weighted by Crippen LogP contribution is 2.55. The zero-order chi connectivity index (χ0) is 36.9. The summed E-state index contributed by atoms with van der Waals surface area (Å²) in [5.74, 6) is 2.97. The molecule has 53 heavy (non-hydrogen) atoms. The Hall–Kier alpha value is -2.98. The number of aliphatic hydroxyl groups excluding tert-OH is 1. The number of hydrogen-bond donors (Lipinski definition) is 4. The number of fused-ring (bicyclic) bond motifs is 1.